The van der Waals surface area contributed by atoms with Crippen LogP contribution < -0.4 is 0 Å². The van der Waals surface area contributed by atoms with Gasteiger partial charge in [-0.1, -0.05) is 24.3 Å². The van der Waals surface area contributed by atoms with Gasteiger partial charge in [-0.3, -0.25) is 0 Å². The number of benzene rings is 2. The fourth-order valence-corrected chi connectivity index (χ4v) is 2.50. The Morgan fingerprint density at radius 1 is 0.889 bits per heavy atom. The SMILES string of the molecule is Cc1cc(C)c(-c2ccccc2C#N)c(C)c1C. The van der Waals surface area contributed by atoms with Gasteiger partial charge in [-0.2, -0.15) is 5.26 Å². The van der Waals surface area contributed by atoms with Crippen molar-refractivity contribution in [1.29, 1.82) is 5.26 Å². The zero-order valence-electron chi connectivity index (χ0n) is 11.3. The fraction of sp³-hybridized carbons (Fsp3) is 0.235. The van der Waals surface area contributed by atoms with Gasteiger partial charge in [0, 0.05) is 0 Å². The first-order valence-electron chi connectivity index (χ1n) is 6.13. The van der Waals surface area contributed by atoms with Crippen LogP contribution in [0.4, 0.5) is 0 Å². The molecule has 0 saturated heterocycles. The lowest BCUT2D eigenvalue weighted by atomic mass is 9.88. The lowest BCUT2D eigenvalue weighted by Crippen LogP contribution is -1.96. The maximum atomic E-state index is 9.24. The maximum Gasteiger partial charge on any atom is 0.0998 e. The standard InChI is InChI=1S/C17H17N/c1-11-9-12(2)17(14(4)13(11)3)16-8-6-5-7-15(16)10-18/h5-9H,1-4H3. The molecule has 0 heterocycles. The Labute approximate surface area is 109 Å². The van der Waals surface area contributed by atoms with E-state index in [4.69, 9.17) is 0 Å². The van der Waals surface area contributed by atoms with Crippen LogP contribution in [0.25, 0.3) is 11.1 Å². The molecule has 90 valence electrons. The van der Waals surface area contributed by atoms with E-state index in [2.05, 4.69) is 39.8 Å². The second-order valence-electron chi connectivity index (χ2n) is 4.79. The van der Waals surface area contributed by atoms with Crippen molar-refractivity contribution in [2.45, 2.75) is 27.7 Å². The number of nitrogens with zero attached hydrogens (tertiary/aromatic N) is 1. The summed E-state index contributed by atoms with van der Waals surface area (Å²) >= 11 is 0. The molecule has 1 heteroatoms. The monoisotopic (exact) mass is 235 g/mol. The number of rotatable bonds is 1. The normalized spacial score (nSPS) is 10.2. The van der Waals surface area contributed by atoms with E-state index < -0.39 is 0 Å². The van der Waals surface area contributed by atoms with Crippen molar-refractivity contribution in [2.75, 3.05) is 0 Å². The van der Waals surface area contributed by atoms with Crippen LogP contribution in [0, 0.1) is 39.0 Å². The second kappa shape index (κ2) is 4.66. The Hall–Kier alpha value is -2.07. The van der Waals surface area contributed by atoms with Gasteiger partial charge in [0.25, 0.3) is 0 Å². The predicted molar refractivity (Wildman–Crippen MR) is 75.5 cm³/mol. The molecule has 1 nitrogen and oxygen atoms in total. The number of hydrogen-bond acceptors (Lipinski definition) is 1. The van der Waals surface area contributed by atoms with Crippen LogP contribution >= 0.6 is 0 Å². The minimum Gasteiger partial charge on any atom is -0.192 e. The van der Waals surface area contributed by atoms with Gasteiger partial charge < -0.3 is 0 Å². The highest BCUT2D eigenvalue weighted by Gasteiger charge is 2.12. The van der Waals surface area contributed by atoms with E-state index >= 15 is 0 Å². The minimum atomic E-state index is 0.743. The van der Waals surface area contributed by atoms with Crippen molar-refractivity contribution in [3.63, 3.8) is 0 Å². The molecule has 18 heavy (non-hydrogen) atoms. The van der Waals surface area contributed by atoms with Crippen molar-refractivity contribution in [3.8, 4) is 17.2 Å². The topological polar surface area (TPSA) is 23.8 Å². The lowest BCUT2D eigenvalue weighted by molar-refractivity contribution is 1.23. The summed E-state index contributed by atoms with van der Waals surface area (Å²) < 4.78 is 0. The summed E-state index contributed by atoms with van der Waals surface area (Å²) in [5.41, 5.74) is 8.11. The Morgan fingerprint density at radius 2 is 1.56 bits per heavy atom. The van der Waals surface area contributed by atoms with E-state index in [-0.39, 0.29) is 0 Å². The Bertz CT molecular complexity index is 645. The quantitative estimate of drug-likeness (QED) is 0.716. The summed E-state index contributed by atoms with van der Waals surface area (Å²) in [6, 6.07) is 12.3. The van der Waals surface area contributed by atoms with Crippen molar-refractivity contribution in [3.05, 3.63) is 58.1 Å². The first-order chi connectivity index (χ1) is 8.56. The molecule has 0 N–H and O–H groups in total. The predicted octanol–water partition coefficient (Wildman–Crippen LogP) is 4.46. The van der Waals surface area contributed by atoms with Gasteiger partial charge in [-0.05, 0) is 67.1 Å². The summed E-state index contributed by atoms with van der Waals surface area (Å²) in [4.78, 5) is 0. The van der Waals surface area contributed by atoms with E-state index in [0.717, 1.165) is 11.1 Å². The number of nitriles is 1. The highest BCUT2D eigenvalue weighted by Crippen LogP contribution is 2.32. The van der Waals surface area contributed by atoms with Crippen LogP contribution in [0.3, 0.4) is 0 Å². The fourth-order valence-electron chi connectivity index (χ4n) is 2.50. The van der Waals surface area contributed by atoms with Gasteiger partial charge >= 0.3 is 0 Å². The second-order valence-corrected chi connectivity index (χ2v) is 4.79. The molecule has 0 saturated carbocycles. The van der Waals surface area contributed by atoms with Gasteiger partial charge in [-0.15, -0.1) is 0 Å². The highest BCUT2D eigenvalue weighted by molar-refractivity contribution is 5.77. The molecule has 2 aromatic carbocycles. The van der Waals surface area contributed by atoms with Crippen molar-refractivity contribution < 1.29 is 0 Å². The molecule has 0 aliphatic carbocycles. The molecule has 0 spiro atoms. The first-order valence-corrected chi connectivity index (χ1v) is 6.13. The van der Waals surface area contributed by atoms with Gasteiger partial charge in [0.05, 0.1) is 11.6 Å². The van der Waals surface area contributed by atoms with Gasteiger partial charge in [0.1, 0.15) is 0 Å². The summed E-state index contributed by atoms with van der Waals surface area (Å²) in [5, 5.41) is 9.24. The molecule has 0 amide bonds. The van der Waals surface area contributed by atoms with Crippen LogP contribution in [-0.2, 0) is 0 Å². The third kappa shape index (κ3) is 1.91. The third-order valence-electron chi connectivity index (χ3n) is 3.67. The van der Waals surface area contributed by atoms with Crippen molar-refractivity contribution in [2.24, 2.45) is 0 Å². The van der Waals surface area contributed by atoms with Crippen LogP contribution in [-0.4, -0.2) is 0 Å². The molecule has 0 aromatic heterocycles. The molecule has 0 unspecified atom stereocenters. The van der Waals surface area contributed by atoms with E-state index in [1.807, 2.05) is 24.3 Å². The van der Waals surface area contributed by atoms with E-state index in [0.29, 0.717) is 0 Å². The van der Waals surface area contributed by atoms with Crippen molar-refractivity contribution in [1.82, 2.24) is 0 Å². The van der Waals surface area contributed by atoms with E-state index in [1.54, 1.807) is 0 Å². The van der Waals surface area contributed by atoms with Crippen LogP contribution in [0.5, 0.6) is 0 Å². The Kier molecular flexibility index (Phi) is 3.21. The van der Waals surface area contributed by atoms with Crippen LogP contribution in [0.2, 0.25) is 0 Å². The highest BCUT2D eigenvalue weighted by atomic mass is 14.3. The molecule has 0 radical (unpaired) electrons. The Balaban J connectivity index is 2.81. The molecule has 0 aliphatic rings. The third-order valence-corrected chi connectivity index (χ3v) is 3.67. The lowest BCUT2D eigenvalue weighted by Gasteiger charge is -2.16. The molecule has 0 fully saturated rings. The zero-order valence-corrected chi connectivity index (χ0v) is 11.3. The molecule has 0 atom stereocenters. The average Bonchev–Trinajstić information content (AvgIpc) is 2.37. The van der Waals surface area contributed by atoms with Gasteiger partial charge in [-0.25, -0.2) is 0 Å². The Morgan fingerprint density at radius 3 is 2.22 bits per heavy atom. The summed E-state index contributed by atoms with van der Waals surface area (Å²) in [6.07, 6.45) is 0. The van der Waals surface area contributed by atoms with Gasteiger partial charge in [0.15, 0.2) is 0 Å². The van der Waals surface area contributed by atoms with E-state index in [1.165, 1.54) is 27.8 Å². The smallest absolute Gasteiger partial charge is 0.0998 e. The van der Waals surface area contributed by atoms with Crippen LogP contribution in [0.1, 0.15) is 27.8 Å². The number of aryl methyl sites for hydroxylation is 2. The molecular weight excluding hydrogens is 218 g/mol. The number of hydrogen-bond donors (Lipinski definition) is 0. The molecule has 2 aromatic rings. The summed E-state index contributed by atoms with van der Waals surface area (Å²) in [6.45, 7) is 8.53. The maximum absolute atomic E-state index is 9.24. The largest absolute Gasteiger partial charge is 0.192 e. The van der Waals surface area contributed by atoms with Crippen LogP contribution in [0.15, 0.2) is 30.3 Å². The van der Waals surface area contributed by atoms with Crippen molar-refractivity contribution >= 4 is 0 Å². The molecular formula is C17H17N. The average molecular weight is 235 g/mol. The zero-order chi connectivity index (χ0) is 13.3. The molecule has 0 bridgehead atoms. The first kappa shape index (κ1) is 12.4. The molecule has 0 aliphatic heterocycles. The molecule has 2 rings (SSSR count). The van der Waals surface area contributed by atoms with Gasteiger partial charge in [0.2, 0.25) is 0 Å². The summed E-state index contributed by atoms with van der Waals surface area (Å²) in [7, 11) is 0. The summed E-state index contributed by atoms with van der Waals surface area (Å²) in [5.74, 6) is 0. The minimum absolute atomic E-state index is 0.743. The van der Waals surface area contributed by atoms with E-state index in [9.17, 15) is 5.26 Å².